The number of hydrogen-bond acceptors (Lipinski definition) is 6. The number of nitrogens with two attached hydrogens (primary N) is 1. The van der Waals surface area contributed by atoms with Crippen LogP contribution in [-0.2, 0) is 19.9 Å². The molecule has 1 atom stereocenters. The number of aromatic nitrogens is 4. The van der Waals surface area contributed by atoms with E-state index >= 15 is 0 Å². The second-order valence-corrected chi connectivity index (χ2v) is 5.82. The molecule has 0 bridgehead atoms. The SMILES string of the molecule is CCCC(CO)Nc1nc(N)ncc1CCc1cc(C)n(C)n1. The molecule has 0 amide bonds. The van der Waals surface area contributed by atoms with Crippen LogP contribution in [0.4, 0.5) is 11.8 Å². The number of hydrogen-bond donors (Lipinski definition) is 3. The van der Waals surface area contributed by atoms with E-state index in [1.165, 1.54) is 0 Å². The topological polar surface area (TPSA) is 102 Å². The van der Waals surface area contributed by atoms with Crippen LogP contribution in [0.5, 0.6) is 0 Å². The van der Waals surface area contributed by atoms with E-state index in [1.54, 1.807) is 6.20 Å². The Morgan fingerprint density at radius 2 is 2.17 bits per heavy atom. The Morgan fingerprint density at radius 3 is 2.78 bits per heavy atom. The Morgan fingerprint density at radius 1 is 1.39 bits per heavy atom. The average Bonchev–Trinajstić information content (AvgIpc) is 2.84. The molecule has 4 N–H and O–H groups in total. The molecule has 0 saturated heterocycles. The summed E-state index contributed by atoms with van der Waals surface area (Å²) in [4.78, 5) is 8.39. The molecule has 2 heterocycles. The van der Waals surface area contributed by atoms with E-state index in [1.807, 2.05) is 18.7 Å². The van der Waals surface area contributed by atoms with Crippen molar-refractivity contribution in [2.45, 2.75) is 45.6 Å². The maximum Gasteiger partial charge on any atom is 0.221 e. The lowest BCUT2D eigenvalue weighted by molar-refractivity contribution is 0.268. The minimum absolute atomic E-state index is 0.0230. The highest BCUT2D eigenvalue weighted by Gasteiger charge is 2.12. The van der Waals surface area contributed by atoms with Gasteiger partial charge in [0.1, 0.15) is 5.82 Å². The van der Waals surface area contributed by atoms with E-state index in [0.29, 0.717) is 5.82 Å². The molecular weight excluding hydrogens is 292 g/mol. The van der Waals surface area contributed by atoms with Gasteiger partial charge in [-0.3, -0.25) is 4.68 Å². The molecule has 0 aliphatic carbocycles. The van der Waals surface area contributed by atoms with Crippen molar-refractivity contribution in [3.05, 3.63) is 29.2 Å². The third kappa shape index (κ3) is 4.66. The summed E-state index contributed by atoms with van der Waals surface area (Å²) in [6.07, 6.45) is 5.19. The van der Waals surface area contributed by atoms with Crippen molar-refractivity contribution in [1.29, 1.82) is 0 Å². The van der Waals surface area contributed by atoms with Gasteiger partial charge in [-0.2, -0.15) is 10.1 Å². The fourth-order valence-corrected chi connectivity index (χ4v) is 2.50. The van der Waals surface area contributed by atoms with Crippen LogP contribution >= 0.6 is 0 Å². The fraction of sp³-hybridized carbons (Fsp3) is 0.562. The molecule has 7 heteroatoms. The monoisotopic (exact) mass is 318 g/mol. The number of nitrogen functional groups attached to an aromatic ring is 1. The lowest BCUT2D eigenvalue weighted by atomic mass is 10.1. The number of nitrogens with one attached hydrogen (secondary N) is 1. The van der Waals surface area contributed by atoms with E-state index in [9.17, 15) is 5.11 Å². The Kier molecular flexibility index (Phi) is 5.92. The number of nitrogens with zero attached hydrogens (tertiary/aromatic N) is 4. The van der Waals surface area contributed by atoms with Crippen molar-refractivity contribution in [1.82, 2.24) is 19.7 Å². The molecule has 0 spiro atoms. The van der Waals surface area contributed by atoms with Gasteiger partial charge >= 0.3 is 0 Å². The van der Waals surface area contributed by atoms with Gasteiger partial charge in [0.25, 0.3) is 0 Å². The Hall–Kier alpha value is -2.15. The number of anilines is 2. The van der Waals surface area contributed by atoms with Gasteiger partial charge < -0.3 is 16.2 Å². The van der Waals surface area contributed by atoms with Crippen LogP contribution in [0.25, 0.3) is 0 Å². The summed E-state index contributed by atoms with van der Waals surface area (Å²) in [6, 6.07) is 2.06. The normalized spacial score (nSPS) is 12.3. The van der Waals surface area contributed by atoms with Crippen molar-refractivity contribution >= 4 is 11.8 Å². The van der Waals surface area contributed by atoms with Gasteiger partial charge in [-0.05, 0) is 32.3 Å². The molecule has 1 unspecified atom stereocenters. The van der Waals surface area contributed by atoms with E-state index < -0.39 is 0 Å². The van der Waals surface area contributed by atoms with Crippen molar-refractivity contribution in [2.75, 3.05) is 17.7 Å². The fourth-order valence-electron chi connectivity index (χ4n) is 2.50. The summed E-state index contributed by atoms with van der Waals surface area (Å²) < 4.78 is 1.87. The van der Waals surface area contributed by atoms with Crippen LogP contribution in [0.1, 0.15) is 36.7 Å². The zero-order valence-corrected chi connectivity index (χ0v) is 14.1. The summed E-state index contributed by atoms with van der Waals surface area (Å²) in [5.74, 6) is 0.941. The Bertz CT molecular complexity index is 620. The van der Waals surface area contributed by atoms with Crippen molar-refractivity contribution in [3.8, 4) is 0 Å². The molecule has 7 nitrogen and oxygen atoms in total. The third-order valence-corrected chi connectivity index (χ3v) is 3.90. The van der Waals surface area contributed by atoms with E-state index in [2.05, 4.69) is 33.4 Å². The maximum absolute atomic E-state index is 9.47. The first-order chi connectivity index (χ1) is 11.0. The highest BCUT2D eigenvalue weighted by atomic mass is 16.3. The molecule has 0 aromatic carbocycles. The predicted octanol–water partition coefficient (Wildman–Crippen LogP) is 1.46. The number of aliphatic hydroxyl groups excluding tert-OH is 1. The van der Waals surface area contributed by atoms with Gasteiger partial charge in [0.05, 0.1) is 18.3 Å². The molecule has 2 aromatic rings. The summed E-state index contributed by atoms with van der Waals surface area (Å²) >= 11 is 0. The maximum atomic E-state index is 9.47. The first-order valence-corrected chi connectivity index (χ1v) is 8.01. The molecule has 23 heavy (non-hydrogen) atoms. The quantitative estimate of drug-likeness (QED) is 0.681. The van der Waals surface area contributed by atoms with Crippen molar-refractivity contribution in [3.63, 3.8) is 0 Å². The summed E-state index contributed by atoms with van der Waals surface area (Å²) in [5.41, 5.74) is 8.87. The van der Waals surface area contributed by atoms with Crippen LogP contribution in [-0.4, -0.2) is 37.5 Å². The first-order valence-electron chi connectivity index (χ1n) is 8.01. The molecule has 0 aliphatic heterocycles. The summed E-state index contributed by atoms with van der Waals surface area (Å²) in [7, 11) is 1.94. The van der Waals surface area contributed by atoms with Gasteiger partial charge in [-0.15, -0.1) is 0 Å². The lowest BCUT2D eigenvalue weighted by Crippen LogP contribution is -2.25. The zero-order valence-electron chi connectivity index (χ0n) is 14.1. The third-order valence-electron chi connectivity index (χ3n) is 3.90. The molecule has 0 radical (unpaired) electrons. The van der Waals surface area contributed by atoms with E-state index in [4.69, 9.17) is 5.73 Å². The minimum Gasteiger partial charge on any atom is -0.394 e. The molecule has 0 saturated carbocycles. The van der Waals surface area contributed by atoms with Gasteiger partial charge in [-0.1, -0.05) is 13.3 Å². The molecule has 0 aliphatic rings. The standard InChI is InChI=1S/C16H26N6O/c1-4-5-14(10-23)19-15-12(9-18-16(17)20-15)6-7-13-8-11(2)22(3)21-13/h8-9,14,23H,4-7,10H2,1-3H3,(H3,17,18,19,20). The van der Waals surface area contributed by atoms with Crippen molar-refractivity contribution in [2.24, 2.45) is 7.05 Å². The summed E-state index contributed by atoms with van der Waals surface area (Å²) in [6.45, 7) is 4.19. The van der Waals surface area contributed by atoms with Crippen LogP contribution in [0.15, 0.2) is 12.3 Å². The smallest absolute Gasteiger partial charge is 0.221 e. The first kappa shape index (κ1) is 17.2. The number of rotatable bonds is 8. The van der Waals surface area contributed by atoms with Gasteiger partial charge in [0.15, 0.2) is 0 Å². The van der Waals surface area contributed by atoms with Crippen molar-refractivity contribution < 1.29 is 5.11 Å². The average molecular weight is 318 g/mol. The number of aliphatic hydroxyl groups is 1. The van der Waals surface area contributed by atoms with Gasteiger partial charge in [0, 0.05) is 24.5 Å². The largest absolute Gasteiger partial charge is 0.394 e. The second-order valence-electron chi connectivity index (χ2n) is 5.82. The van der Waals surface area contributed by atoms with Gasteiger partial charge in [-0.25, -0.2) is 4.98 Å². The zero-order chi connectivity index (χ0) is 16.8. The Balaban J connectivity index is 2.11. The van der Waals surface area contributed by atoms with Crippen LogP contribution < -0.4 is 11.1 Å². The molecule has 126 valence electrons. The van der Waals surface area contributed by atoms with Gasteiger partial charge in [0.2, 0.25) is 5.95 Å². The molecule has 0 fully saturated rings. The molecular formula is C16H26N6O. The van der Waals surface area contributed by atoms with Crippen LogP contribution in [0.3, 0.4) is 0 Å². The minimum atomic E-state index is -0.0230. The predicted molar refractivity (Wildman–Crippen MR) is 91.2 cm³/mol. The highest BCUT2D eigenvalue weighted by molar-refractivity contribution is 5.47. The molecule has 2 rings (SSSR count). The lowest BCUT2D eigenvalue weighted by Gasteiger charge is -2.18. The second kappa shape index (κ2) is 7.92. The van der Waals surface area contributed by atoms with E-state index in [0.717, 1.165) is 42.6 Å². The van der Waals surface area contributed by atoms with E-state index in [-0.39, 0.29) is 18.6 Å². The molecule has 2 aromatic heterocycles. The highest BCUT2D eigenvalue weighted by Crippen LogP contribution is 2.18. The Labute approximate surface area is 137 Å². The number of aryl methyl sites for hydroxylation is 4. The summed E-state index contributed by atoms with van der Waals surface area (Å²) in [5, 5.41) is 17.2. The van der Waals surface area contributed by atoms with Crippen LogP contribution in [0.2, 0.25) is 0 Å². The van der Waals surface area contributed by atoms with Crippen LogP contribution in [0, 0.1) is 6.92 Å².